The van der Waals surface area contributed by atoms with Crippen LogP contribution in [0.4, 0.5) is 0 Å². The van der Waals surface area contributed by atoms with Crippen molar-refractivity contribution in [3.8, 4) is 11.5 Å². The van der Waals surface area contributed by atoms with E-state index in [-0.39, 0.29) is 59.8 Å². The van der Waals surface area contributed by atoms with Crippen LogP contribution in [0.25, 0.3) is 0 Å². The molecule has 0 saturated heterocycles. The average molecular weight is 527 g/mol. The summed E-state index contributed by atoms with van der Waals surface area (Å²) in [6.45, 7) is 0. The smallest absolute Gasteiger partial charge is 0.115 e. The number of aromatic hydroxyl groups is 2. The van der Waals surface area contributed by atoms with Crippen LogP contribution >= 0.6 is 0 Å². The molecule has 2 rings (SSSR count). The summed E-state index contributed by atoms with van der Waals surface area (Å²) in [5, 5.41) is 17.3. The molecule has 0 aliphatic carbocycles. The Kier molecular flexibility index (Phi) is 18.1. The normalized spacial score (nSPS) is 7.06. The van der Waals surface area contributed by atoms with Crippen LogP contribution in [0.15, 0.2) is 60.7 Å². The van der Waals surface area contributed by atoms with Gasteiger partial charge in [0.1, 0.15) is 11.5 Å². The number of para-hydroxylation sites is 2. The van der Waals surface area contributed by atoms with Crippen molar-refractivity contribution in [3.05, 3.63) is 60.7 Å². The molecule has 0 amide bonds. The van der Waals surface area contributed by atoms with Gasteiger partial charge in [-0.15, -0.1) is 0 Å². The van der Waals surface area contributed by atoms with Gasteiger partial charge in [-0.3, -0.25) is 0 Å². The monoisotopic (exact) mass is 526 g/mol. The largest absolute Gasteiger partial charge is 1.00 e. The van der Waals surface area contributed by atoms with Crippen LogP contribution < -0.4 is 34.0 Å². The van der Waals surface area contributed by atoms with Gasteiger partial charge in [0.15, 0.2) is 0 Å². The zero-order valence-corrected chi connectivity index (χ0v) is 15.7. The molecule has 0 saturated carbocycles. The molecule has 0 radical (unpaired) electrons. The first-order valence-corrected chi connectivity index (χ1v) is 4.27. The van der Waals surface area contributed by atoms with Crippen molar-refractivity contribution in [3.63, 3.8) is 0 Å². The molecule has 0 bridgehead atoms. The molecule has 0 aliphatic heterocycles. The molecule has 92 valence electrons. The molecule has 2 aromatic carbocycles. The molecule has 5 heteroatoms. The Morgan fingerprint density at radius 2 is 0.765 bits per heavy atom. The molecule has 0 atom stereocenters. The van der Waals surface area contributed by atoms with Crippen molar-refractivity contribution < 1.29 is 70.0 Å². The fourth-order valence-electron chi connectivity index (χ4n) is 0.856. The second-order valence-electron chi connectivity index (χ2n) is 2.67. The number of rotatable bonds is 0. The van der Waals surface area contributed by atoms with E-state index < -0.39 is 0 Å². The van der Waals surface area contributed by atoms with Gasteiger partial charge < -0.3 is 44.2 Å². The second kappa shape index (κ2) is 13.9. The fraction of sp³-hybridized carbons (Fsp3) is 0. The minimum atomic E-state index is 0. The fourth-order valence-corrected chi connectivity index (χ4v) is 0.856. The van der Waals surface area contributed by atoms with Crippen LogP contribution in [0.3, 0.4) is 0 Å². The molecular formula is C12H12Br2HfO2-2. The summed E-state index contributed by atoms with van der Waals surface area (Å²) < 4.78 is 0. The van der Waals surface area contributed by atoms with Crippen LogP contribution in [0, 0.1) is 0 Å². The molecule has 2 N–H and O–H groups in total. The van der Waals surface area contributed by atoms with Crippen molar-refractivity contribution in [2.75, 3.05) is 0 Å². The first-order valence-electron chi connectivity index (χ1n) is 4.27. The first-order chi connectivity index (χ1) is 6.79. The predicted molar refractivity (Wildman–Crippen MR) is 56.2 cm³/mol. The number of phenolic OH excluding ortho intramolecular Hbond substituents is 2. The van der Waals surface area contributed by atoms with Crippen molar-refractivity contribution in [2.45, 2.75) is 0 Å². The number of phenols is 2. The van der Waals surface area contributed by atoms with Gasteiger partial charge in [0.05, 0.1) is 0 Å². The molecule has 17 heavy (non-hydrogen) atoms. The maximum atomic E-state index is 8.63. The van der Waals surface area contributed by atoms with Gasteiger partial charge in [-0.05, 0) is 24.3 Å². The van der Waals surface area contributed by atoms with E-state index in [1.807, 2.05) is 12.1 Å². The van der Waals surface area contributed by atoms with Gasteiger partial charge in [-0.1, -0.05) is 36.4 Å². The standard InChI is InChI=1S/2C6H6O.2BrH.Hf/c2*7-6-4-2-1-3-5-6;;;/h2*1-5,7H;2*1H;/p-2. The van der Waals surface area contributed by atoms with Crippen molar-refractivity contribution in [2.24, 2.45) is 0 Å². The molecule has 0 heterocycles. The van der Waals surface area contributed by atoms with Crippen LogP contribution in [0.1, 0.15) is 0 Å². The first kappa shape index (κ1) is 22.1. The maximum Gasteiger partial charge on any atom is 0.115 e. The van der Waals surface area contributed by atoms with E-state index >= 15 is 0 Å². The third-order valence-corrected chi connectivity index (χ3v) is 1.51. The zero-order chi connectivity index (χ0) is 10.2. The average Bonchev–Trinajstić information content (AvgIpc) is 2.21. The van der Waals surface area contributed by atoms with Gasteiger partial charge in [-0.2, -0.15) is 0 Å². The number of benzene rings is 2. The van der Waals surface area contributed by atoms with E-state index in [1.54, 1.807) is 48.5 Å². The summed E-state index contributed by atoms with van der Waals surface area (Å²) >= 11 is 0. The summed E-state index contributed by atoms with van der Waals surface area (Å²) in [4.78, 5) is 0. The number of hydrogen-bond acceptors (Lipinski definition) is 2. The molecular weight excluding hydrogens is 514 g/mol. The van der Waals surface area contributed by atoms with Crippen LogP contribution in [-0.2, 0) is 25.8 Å². The molecule has 0 fully saturated rings. The third-order valence-electron chi connectivity index (χ3n) is 1.51. The SMILES string of the molecule is Oc1ccccc1.Oc1ccccc1.[Br-].[Br-].[Hf]. The Bertz CT molecular complexity index is 320. The quantitative estimate of drug-likeness (QED) is 0.355. The predicted octanol–water partition coefficient (Wildman–Crippen LogP) is -3.21. The minimum absolute atomic E-state index is 0. The number of halogens is 2. The number of hydrogen-bond donors (Lipinski definition) is 2. The van der Waals surface area contributed by atoms with E-state index in [0.29, 0.717) is 11.5 Å². The summed E-state index contributed by atoms with van der Waals surface area (Å²) in [6.07, 6.45) is 0. The Morgan fingerprint density at radius 1 is 0.529 bits per heavy atom. The molecule has 0 spiro atoms. The van der Waals surface area contributed by atoms with Gasteiger partial charge in [0.25, 0.3) is 0 Å². The van der Waals surface area contributed by atoms with E-state index in [4.69, 9.17) is 10.2 Å². The van der Waals surface area contributed by atoms with Gasteiger partial charge in [-0.25, -0.2) is 0 Å². The summed E-state index contributed by atoms with van der Waals surface area (Å²) in [6, 6.07) is 17.4. The summed E-state index contributed by atoms with van der Waals surface area (Å²) in [5.41, 5.74) is 0. The summed E-state index contributed by atoms with van der Waals surface area (Å²) in [5.74, 6) is 0.644. The third kappa shape index (κ3) is 12.1. The Labute approximate surface area is 141 Å². The summed E-state index contributed by atoms with van der Waals surface area (Å²) in [7, 11) is 0. The van der Waals surface area contributed by atoms with Crippen LogP contribution in [0.5, 0.6) is 11.5 Å². The van der Waals surface area contributed by atoms with E-state index in [0.717, 1.165) is 0 Å². The Morgan fingerprint density at radius 3 is 0.882 bits per heavy atom. The topological polar surface area (TPSA) is 40.5 Å². The molecule has 0 unspecified atom stereocenters. The van der Waals surface area contributed by atoms with E-state index in [1.165, 1.54) is 0 Å². The molecule has 2 nitrogen and oxygen atoms in total. The van der Waals surface area contributed by atoms with Crippen molar-refractivity contribution in [1.82, 2.24) is 0 Å². The van der Waals surface area contributed by atoms with Crippen molar-refractivity contribution >= 4 is 0 Å². The Balaban J connectivity index is -0.000000196. The van der Waals surface area contributed by atoms with Crippen LogP contribution in [-0.4, -0.2) is 10.2 Å². The Hall–Kier alpha value is -0.130. The molecule has 2 aromatic rings. The zero-order valence-electron chi connectivity index (χ0n) is 8.92. The minimum Gasteiger partial charge on any atom is -1.00 e. The van der Waals surface area contributed by atoms with Crippen LogP contribution in [0.2, 0.25) is 0 Å². The van der Waals surface area contributed by atoms with E-state index in [9.17, 15) is 0 Å². The van der Waals surface area contributed by atoms with Crippen molar-refractivity contribution in [1.29, 1.82) is 0 Å². The van der Waals surface area contributed by atoms with Gasteiger partial charge in [0, 0.05) is 25.8 Å². The molecule has 0 aromatic heterocycles. The second-order valence-corrected chi connectivity index (χ2v) is 2.67. The van der Waals surface area contributed by atoms with Gasteiger partial charge >= 0.3 is 0 Å². The van der Waals surface area contributed by atoms with E-state index in [2.05, 4.69) is 0 Å². The van der Waals surface area contributed by atoms with Gasteiger partial charge in [0.2, 0.25) is 0 Å². The molecule has 0 aliphatic rings. The maximum absolute atomic E-state index is 8.63.